The molecule has 2 heterocycles. The Kier molecular flexibility index (Phi) is 4.86. The minimum atomic E-state index is 0.0493. The Labute approximate surface area is 138 Å². The number of pyridine rings is 1. The fourth-order valence-electron chi connectivity index (χ4n) is 3.14. The molecule has 0 atom stereocenters. The molecule has 3 rings (SSSR count). The van der Waals surface area contributed by atoms with E-state index in [-0.39, 0.29) is 5.56 Å². The Morgan fingerprint density at radius 2 is 1.91 bits per heavy atom. The summed E-state index contributed by atoms with van der Waals surface area (Å²) in [6.07, 6.45) is 5.02. The third-order valence-corrected chi connectivity index (χ3v) is 4.72. The summed E-state index contributed by atoms with van der Waals surface area (Å²) >= 11 is 0. The highest BCUT2D eigenvalue weighted by Gasteiger charge is 2.11. The average Bonchev–Trinajstić information content (AvgIpc) is 2.75. The van der Waals surface area contributed by atoms with Crippen LogP contribution in [0.2, 0.25) is 0 Å². The first-order valence-electron chi connectivity index (χ1n) is 8.33. The molecular formula is C18H24BN3O. The van der Waals surface area contributed by atoms with Gasteiger partial charge in [-0.3, -0.25) is 4.79 Å². The lowest BCUT2D eigenvalue weighted by Gasteiger charge is -2.11. The zero-order valence-electron chi connectivity index (χ0n) is 14.0. The fourth-order valence-corrected chi connectivity index (χ4v) is 3.14. The number of anilines is 1. The van der Waals surface area contributed by atoms with Gasteiger partial charge in [-0.2, -0.15) is 0 Å². The molecule has 0 bridgehead atoms. The van der Waals surface area contributed by atoms with Crippen molar-refractivity contribution in [2.24, 2.45) is 0 Å². The SMILES string of the molecule is BNc1ccn(CCc2ccc3c(c2)CCN(C)CC3)c(=O)c1. The van der Waals surface area contributed by atoms with E-state index in [9.17, 15) is 4.79 Å². The van der Waals surface area contributed by atoms with Crippen molar-refractivity contribution in [2.75, 3.05) is 25.4 Å². The summed E-state index contributed by atoms with van der Waals surface area (Å²) in [5.74, 6) is 0. The van der Waals surface area contributed by atoms with Gasteiger partial charge in [-0.1, -0.05) is 18.2 Å². The molecule has 1 aliphatic heterocycles. The van der Waals surface area contributed by atoms with Crippen LogP contribution in [0.25, 0.3) is 0 Å². The second-order valence-corrected chi connectivity index (χ2v) is 6.35. The molecule has 0 saturated heterocycles. The Morgan fingerprint density at radius 1 is 1.13 bits per heavy atom. The van der Waals surface area contributed by atoms with E-state index in [0.29, 0.717) is 0 Å². The van der Waals surface area contributed by atoms with Crippen molar-refractivity contribution in [1.82, 2.24) is 9.47 Å². The van der Waals surface area contributed by atoms with Crippen LogP contribution >= 0.6 is 0 Å². The summed E-state index contributed by atoms with van der Waals surface area (Å²) in [6, 6.07) is 10.4. The fraction of sp³-hybridized carbons (Fsp3) is 0.389. The molecule has 0 amide bonds. The summed E-state index contributed by atoms with van der Waals surface area (Å²) in [7, 11) is 4.01. The van der Waals surface area contributed by atoms with Crippen molar-refractivity contribution in [3.63, 3.8) is 0 Å². The van der Waals surface area contributed by atoms with E-state index >= 15 is 0 Å². The van der Waals surface area contributed by atoms with Crippen molar-refractivity contribution in [3.8, 4) is 0 Å². The van der Waals surface area contributed by atoms with Gasteiger partial charge in [0.15, 0.2) is 0 Å². The molecule has 1 aliphatic rings. The molecule has 1 N–H and O–H groups in total. The van der Waals surface area contributed by atoms with Crippen LogP contribution in [0.1, 0.15) is 16.7 Å². The second kappa shape index (κ2) is 7.05. The molecule has 0 spiro atoms. The van der Waals surface area contributed by atoms with Crippen molar-refractivity contribution < 1.29 is 0 Å². The summed E-state index contributed by atoms with van der Waals surface area (Å²) < 4.78 is 1.78. The molecule has 120 valence electrons. The molecule has 0 radical (unpaired) electrons. The molecule has 1 aromatic heterocycles. The van der Waals surface area contributed by atoms with Gasteiger partial charge in [0.25, 0.3) is 5.56 Å². The molecule has 5 heteroatoms. The van der Waals surface area contributed by atoms with Crippen molar-refractivity contribution >= 4 is 13.7 Å². The molecule has 4 nitrogen and oxygen atoms in total. The number of aryl methyl sites for hydroxylation is 2. The number of rotatable bonds is 4. The van der Waals surface area contributed by atoms with Crippen LogP contribution in [0.4, 0.5) is 5.69 Å². The Morgan fingerprint density at radius 3 is 2.65 bits per heavy atom. The monoisotopic (exact) mass is 309 g/mol. The molecule has 2 aromatic rings. The normalized spacial score (nSPS) is 15.0. The smallest absolute Gasteiger partial charge is 0.252 e. The number of fused-ring (bicyclic) bond motifs is 1. The van der Waals surface area contributed by atoms with Crippen LogP contribution in [0.15, 0.2) is 41.3 Å². The summed E-state index contributed by atoms with van der Waals surface area (Å²) in [5, 5.41) is 3.00. The largest absolute Gasteiger partial charge is 0.434 e. The van der Waals surface area contributed by atoms with E-state index in [4.69, 9.17) is 0 Å². The lowest BCUT2D eigenvalue weighted by Crippen LogP contribution is -2.20. The summed E-state index contributed by atoms with van der Waals surface area (Å²) in [6.45, 7) is 2.99. The van der Waals surface area contributed by atoms with Crippen LogP contribution < -0.4 is 10.8 Å². The van der Waals surface area contributed by atoms with Gasteiger partial charge in [-0.15, -0.1) is 0 Å². The van der Waals surface area contributed by atoms with Crippen LogP contribution in [0, 0.1) is 0 Å². The lowest BCUT2D eigenvalue weighted by atomic mass is 9.99. The first-order chi connectivity index (χ1) is 11.2. The Hall–Kier alpha value is -2.01. The predicted molar refractivity (Wildman–Crippen MR) is 97.9 cm³/mol. The highest BCUT2D eigenvalue weighted by Crippen LogP contribution is 2.18. The molecule has 0 fully saturated rings. The van der Waals surface area contributed by atoms with E-state index in [1.807, 2.05) is 20.2 Å². The van der Waals surface area contributed by atoms with Gasteiger partial charge in [0.05, 0.1) is 0 Å². The first-order valence-corrected chi connectivity index (χ1v) is 8.33. The minimum Gasteiger partial charge on any atom is -0.434 e. The third kappa shape index (κ3) is 3.85. The molecule has 23 heavy (non-hydrogen) atoms. The number of hydrogen-bond acceptors (Lipinski definition) is 3. The number of nitrogens with one attached hydrogen (secondary N) is 1. The van der Waals surface area contributed by atoms with E-state index < -0.39 is 0 Å². The van der Waals surface area contributed by atoms with Gasteiger partial charge in [-0.05, 0) is 49.1 Å². The maximum atomic E-state index is 12.1. The van der Waals surface area contributed by atoms with E-state index in [1.54, 1.807) is 10.6 Å². The van der Waals surface area contributed by atoms with E-state index in [0.717, 1.165) is 44.6 Å². The van der Waals surface area contributed by atoms with Crippen LogP contribution in [-0.4, -0.2) is 37.6 Å². The Balaban J connectivity index is 1.71. The lowest BCUT2D eigenvalue weighted by molar-refractivity contribution is 0.352. The predicted octanol–water partition coefficient (Wildman–Crippen LogP) is 1.08. The van der Waals surface area contributed by atoms with Gasteiger partial charge in [0, 0.05) is 37.6 Å². The van der Waals surface area contributed by atoms with Crippen LogP contribution in [-0.2, 0) is 25.8 Å². The maximum Gasteiger partial charge on any atom is 0.252 e. The van der Waals surface area contributed by atoms with Crippen molar-refractivity contribution in [2.45, 2.75) is 25.8 Å². The van der Waals surface area contributed by atoms with E-state index in [1.165, 1.54) is 16.7 Å². The molecular weight excluding hydrogens is 285 g/mol. The number of nitrogens with zero attached hydrogens (tertiary/aromatic N) is 2. The van der Waals surface area contributed by atoms with Gasteiger partial charge >= 0.3 is 0 Å². The van der Waals surface area contributed by atoms with Gasteiger partial charge < -0.3 is 14.7 Å². The van der Waals surface area contributed by atoms with Crippen molar-refractivity contribution in [3.05, 3.63) is 63.6 Å². The number of likely N-dealkylation sites (N-methyl/N-ethyl adjacent to an activating group) is 1. The zero-order valence-corrected chi connectivity index (χ0v) is 14.0. The number of aromatic nitrogens is 1. The summed E-state index contributed by atoms with van der Waals surface area (Å²) in [5.41, 5.74) is 5.19. The van der Waals surface area contributed by atoms with Gasteiger partial charge in [0.1, 0.15) is 0 Å². The molecule has 0 aliphatic carbocycles. The zero-order chi connectivity index (χ0) is 16.2. The summed E-state index contributed by atoms with van der Waals surface area (Å²) in [4.78, 5) is 14.4. The highest BCUT2D eigenvalue weighted by atomic mass is 16.1. The van der Waals surface area contributed by atoms with Crippen LogP contribution in [0.3, 0.4) is 0 Å². The standard InChI is InChI=1S/C18H24BN3O/c1-21-8-5-15-3-2-14(12-16(15)6-9-21)4-10-22-11-7-17(20-19)13-18(22)23/h2-3,7,11-13,20H,4-6,8-10,19H2,1H3. The number of hydrogen-bond donors (Lipinski definition) is 1. The quantitative estimate of drug-likeness (QED) is 0.859. The van der Waals surface area contributed by atoms with Gasteiger partial charge in [-0.25, -0.2) is 0 Å². The highest BCUT2D eigenvalue weighted by molar-refractivity contribution is 6.15. The Bertz CT molecular complexity index is 741. The number of benzene rings is 1. The molecule has 0 saturated carbocycles. The molecule has 0 unspecified atom stereocenters. The average molecular weight is 309 g/mol. The molecule has 1 aromatic carbocycles. The van der Waals surface area contributed by atoms with Crippen molar-refractivity contribution in [1.29, 1.82) is 0 Å². The van der Waals surface area contributed by atoms with E-state index in [2.05, 4.69) is 35.4 Å². The third-order valence-electron chi connectivity index (χ3n) is 4.72. The first kappa shape index (κ1) is 15.9. The second-order valence-electron chi connectivity index (χ2n) is 6.35. The minimum absolute atomic E-state index is 0.0493. The van der Waals surface area contributed by atoms with Gasteiger partial charge in [0.2, 0.25) is 7.98 Å². The van der Waals surface area contributed by atoms with Crippen LogP contribution in [0.5, 0.6) is 0 Å². The topological polar surface area (TPSA) is 37.3 Å². The maximum absolute atomic E-state index is 12.1.